The molecule has 23 heavy (non-hydrogen) atoms. The predicted octanol–water partition coefficient (Wildman–Crippen LogP) is 4.75. The number of nitrogens with one attached hydrogen (secondary N) is 1. The summed E-state index contributed by atoms with van der Waals surface area (Å²) in [5.41, 5.74) is 1.83. The Morgan fingerprint density at radius 1 is 1.22 bits per heavy atom. The van der Waals surface area contributed by atoms with Crippen LogP contribution >= 0.6 is 15.9 Å². The van der Waals surface area contributed by atoms with Crippen LogP contribution in [0.25, 0.3) is 5.57 Å². The molecular weight excluding hydrogens is 356 g/mol. The molecule has 0 saturated carbocycles. The Balaban J connectivity index is 2.38. The smallest absolute Gasteiger partial charge is 0.226 e. The third kappa shape index (κ3) is 4.60. The molecule has 2 rings (SSSR count). The SMILES string of the molecule is CN/C=C\C(OC)=C(/C)c1cccnc1Oc1ccc(Br)cc1. The molecule has 120 valence electrons. The topological polar surface area (TPSA) is 43.4 Å². The number of benzene rings is 1. The summed E-state index contributed by atoms with van der Waals surface area (Å²) in [6, 6.07) is 11.5. The highest BCUT2D eigenvalue weighted by Gasteiger charge is 2.11. The van der Waals surface area contributed by atoms with Gasteiger partial charge in [-0.05, 0) is 55.6 Å². The van der Waals surface area contributed by atoms with Crippen molar-refractivity contribution in [1.82, 2.24) is 10.3 Å². The van der Waals surface area contributed by atoms with E-state index in [0.29, 0.717) is 5.88 Å². The fraction of sp³-hybridized carbons (Fsp3) is 0.167. The van der Waals surface area contributed by atoms with Gasteiger partial charge < -0.3 is 14.8 Å². The second kappa shape index (κ2) is 8.39. The number of rotatable bonds is 6. The first kappa shape index (κ1) is 17.1. The lowest BCUT2D eigenvalue weighted by Crippen LogP contribution is -1.97. The van der Waals surface area contributed by atoms with E-state index >= 15 is 0 Å². The summed E-state index contributed by atoms with van der Waals surface area (Å²) in [5, 5.41) is 2.95. The van der Waals surface area contributed by atoms with E-state index in [-0.39, 0.29) is 0 Å². The molecule has 1 heterocycles. The van der Waals surface area contributed by atoms with E-state index in [0.717, 1.165) is 27.1 Å². The Labute approximate surface area is 145 Å². The monoisotopic (exact) mass is 374 g/mol. The van der Waals surface area contributed by atoms with Gasteiger partial charge in [0.2, 0.25) is 5.88 Å². The van der Waals surface area contributed by atoms with Crippen LogP contribution in [0.4, 0.5) is 0 Å². The molecule has 0 unspecified atom stereocenters. The number of aromatic nitrogens is 1. The highest BCUT2D eigenvalue weighted by Crippen LogP contribution is 2.30. The first-order chi connectivity index (χ1) is 11.2. The van der Waals surface area contributed by atoms with Crippen molar-refractivity contribution in [3.05, 3.63) is 70.7 Å². The minimum Gasteiger partial charge on any atom is -0.496 e. The molecule has 0 aliphatic rings. The van der Waals surface area contributed by atoms with E-state index in [4.69, 9.17) is 9.47 Å². The Kier molecular flexibility index (Phi) is 6.23. The van der Waals surface area contributed by atoms with E-state index in [1.807, 2.05) is 62.6 Å². The summed E-state index contributed by atoms with van der Waals surface area (Å²) in [6.45, 7) is 1.98. The van der Waals surface area contributed by atoms with E-state index in [1.54, 1.807) is 13.3 Å². The first-order valence-corrected chi connectivity index (χ1v) is 7.92. The van der Waals surface area contributed by atoms with Crippen LogP contribution in [0, 0.1) is 0 Å². The number of nitrogens with zero attached hydrogens (tertiary/aromatic N) is 1. The van der Waals surface area contributed by atoms with Gasteiger partial charge in [0.25, 0.3) is 0 Å². The standard InChI is InChI=1S/C18H19BrN2O2/c1-13(17(22-3)10-12-20-2)16-5-4-11-21-18(16)23-15-8-6-14(19)7-9-15/h4-12,20H,1-3H3/b12-10-,17-13-. The Hall–Kier alpha value is -2.27. The molecule has 0 saturated heterocycles. The summed E-state index contributed by atoms with van der Waals surface area (Å²) in [4.78, 5) is 4.35. The maximum absolute atomic E-state index is 5.92. The second-order valence-electron chi connectivity index (χ2n) is 4.73. The van der Waals surface area contributed by atoms with Crippen LogP contribution in [-0.4, -0.2) is 19.1 Å². The number of methoxy groups -OCH3 is 1. The lowest BCUT2D eigenvalue weighted by Gasteiger charge is -2.12. The normalized spacial score (nSPS) is 12.0. The maximum Gasteiger partial charge on any atom is 0.226 e. The van der Waals surface area contributed by atoms with Crippen LogP contribution < -0.4 is 10.1 Å². The number of ether oxygens (including phenoxy) is 2. The molecular formula is C18H19BrN2O2. The minimum absolute atomic E-state index is 0.541. The molecule has 0 aliphatic carbocycles. The van der Waals surface area contributed by atoms with E-state index < -0.39 is 0 Å². The molecule has 0 atom stereocenters. The molecule has 0 aliphatic heterocycles. The average Bonchev–Trinajstić information content (AvgIpc) is 2.58. The molecule has 0 fully saturated rings. The van der Waals surface area contributed by atoms with Crippen molar-refractivity contribution < 1.29 is 9.47 Å². The van der Waals surface area contributed by atoms with Gasteiger partial charge in [0.1, 0.15) is 11.5 Å². The van der Waals surface area contributed by atoms with Gasteiger partial charge in [0.15, 0.2) is 0 Å². The van der Waals surface area contributed by atoms with Crippen molar-refractivity contribution in [2.45, 2.75) is 6.92 Å². The lowest BCUT2D eigenvalue weighted by molar-refractivity contribution is 0.308. The molecule has 1 aromatic heterocycles. The van der Waals surface area contributed by atoms with Gasteiger partial charge in [-0.15, -0.1) is 0 Å². The number of hydrogen-bond acceptors (Lipinski definition) is 4. The average molecular weight is 375 g/mol. The van der Waals surface area contributed by atoms with Gasteiger partial charge in [-0.2, -0.15) is 0 Å². The Bertz CT molecular complexity index is 709. The maximum atomic E-state index is 5.92. The number of halogens is 1. The molecule has 0 amide bonds. The molecule has 1 aromatic carbocycles. The van der Waals surface area contributed by atoms with Crippen LogP contribution in [0.1, 0.15) is 12.5 Å². The van der Waals surface area contributed by atoms with Crippen molar-refractivity contribution in [1.29, 1.82) is 0 Å². The van der Waals surface area contributed by atoms with Crippen molar-refractivity contribution in [2.75, 3.05) is 14.2 Å². The van der Waals surface area contributed by atoms with Crippen LogP contribution in [-0.2, 0) is 4.74 Å². The van der Waals surface area contributed by atoms with Gasteiger partial charge in [0, 0.05) is 28.9 Å². The van der Waals surface area contributed by atoms with Gasteiger partial charge in [-0.1, -0.05) is 15.9 Å². The zero-order valence-corrected chi connectivity index (χ0v) is 14.9. The van der Waals surface area contributed by atoms with Gasteiger partial charge in [-0.3, -0.25) is 0 Å². The summed E-state index contributed by atoms with van der Waals surface area (Å²) in [6.07, 6.45) is 5.39. The third-order valence-electron chi connectivity index (χ3n) is 3.19. The van der Waals surface area contributed by atoms with Crippen molar-refractivity contribution in [3.8, 4) is 11.6 Å². The number of pyridine rings is 1. The molecule has 0 radical (unpaired) electrons. The van der Waals surface area contributed by atoms with E-state index in [2.05, 4.69) is 26.2 Å². The van der Waals surface area contributed by atoms with Crippen LogP contribution in [0.5, 0.6) is 11.6 Å². The molecule has 1 N–H and O–H groups in total. The number of hydrogen-bond donors (Lipinski definition) is 1. The van der Waals surface area contributed by atoms with Crippen molar-refractivity contribution in [3.63, 3.8) is 0 Å². The Morgan fingerprint density at radius 2 is 1.96 bits per heavy atom. The highest BCUT2D eigenvalue weighted by atomic mass is 79.9. The summed E-state index contributed by atoms with van der Waals surface area (Å²) >= 11 is 3.41. The second-order valence-corrected chi connectivity index (χ2v) is 5.64. The fourth-order valence-corrected chi connectivity index (χ4v) is 2.27. The zero-order valence-electron chi connectivity index (χ0n) is 13.3. The van der Waals surface area contributed by atoms with Crippen molar-refractivity contribution in [2.24, 2.45) is 0 Å². The summed E-state index contributed by atoms with van der Waals surface area (Å²) in [7, 11) is 3.48. The fourth-order valence-electron chi connectivity index (χ4n) is 2.01. The largest absolute Gasteiger partial charge is 0.496 e. The van der Waals surface area contributed by atoms with E-state index in [1.165, 1.54) is 0 Å². The summed E-state index contributed by atoms with van der Waals surface area (Å²) in [5.74, 6) is 2.01. The molecule has 4 nitrogen and oxygen atoms in total. The third-order valence-corrected chi connectivity index (χ3v) is 3.72. The molecule has 0 bridgehead atoms. The van der Waals surface area contributed by atoms with Crippen molar-refractivity contribution >= 4 is 21.5 Å². The first-order valence-electron chi connectivity index (χ1n) is 7.13. The predicted molar refractivity (Wildman–Crippen MR) is 96.3 cm³/mol. The van der Waals surface area contributed by atoms with Crippen LogP contribution in [0.2, 0.25) is 0 Å². The van der Waals surface area contributed by atoms with E-state index in [9.17, 15) is 0 Å². The number of allylic oxidation sites excluding steroid dienone is 2. The van der Waals surface area contributed by atoms with Gasteiger partial charge in [-0.25, -0.2) is 4.98 Å². The summed E-state index contributed by atoms with van der Waals surface area (Å²) < 4.78 is 12.4. The Morgan fingerprint density at radius 3 is 2.61 bits per heavy atom. The zero-order chi connectivity index (χ0) is 16.7. The molecule has 0 spiro atoms. The quantitative estimate of drug-likeness (QED) is 0.585. The van der Waals surface area contributed by atoms with Gasteiger partial charge >= 0.3 is 0 Å². The lowest BCUT2D eigenvalue weighted by atomic mass is 10.1. The highest BCUT2D eigenvalue weighted by molar-refractivity contribution is 9.10. The van der Waals surface area contributed by atoms with Gasteiger partial charge in [0.05, 0.1) is 7.11 Å². The minimum atomic E-state index is 0.541. The molecule has 5 heteroatoms. The molecule has 2 aromatic rings. The van der Waals surface area contributed by atoms with Crippen LogP contribution in [0.15, 0.2) is 65.1 Å². The van der Waals surface area contributed by atoms with Crippen LogP contribution in [0.3, 0.4) is 0 Å².